The normalized spacial score (nSPS) is 13.4. The minimum Gasteiger partial charge on any atom is -0.259 e. The largest absolute Gasteiger partial charge is 0.259 e. The molecule has 0 amide bonds. The summed E-state index contributed by atoms with van der Waals surface area (Å²) in [7, 11) is -1.31. The van der Waals surface area contributed by atoms with Crippen molar-refractivity contribution in [1.82, 2.24) is 4.83 Å². The third kappa shape index (κ3) is 1.77. The minimum atomic E-state index is -1.31. The molecular formula is C4H5ClN2OS2. The zero-order valence-electron chi connectivity index (χ0n) is 4.83. The molecule has 1 atom stereocenters. The molecule has 0 saturated carbocycles. The molecular weight excluding hydrogens is 192 g/mol. The van der Waals surface area contributed by atoms with Gasteiger partial charge in [-0.25, -0.2) is 4.21 Å². The highest BCUT2D eigenvalue weighted by molar-refractivity contribution is 7.85. The van der Waals surface area contributed by atoms with Crippen molar-refractivity contribution in [2.45, 2.75) is 4.21 Å². The number of hydrogen-bond acceptors (Lipinski definition) is 3. The van der Waals surface area contributed by atoms with E-state index in [2.05, 4.69) is 4.83 Å². The Kier molecular flexibility index (Phi) is 2.82. The summed E-state index contributed by atoms with van der Waals surface area (Å²) in [5.41, 5.74) is 0. The van der Waals surface area contributed by atoms with Crippen LogP contribution in [0.4, 0.5) is 0 Å². The van der Waals surface area contributed by atoms with E-state index in [1.165, 1.54) is 11.3 Å². The maximum Gasteiger partial charge on any atom is 0.148 e. The van der Waals surface area contributed by atoms with Gasteiger partial charge in [0.15, 0.2) is 0 Å². The van der Waals surface area contributed by atoms with Crippen LogP contribution in [0.25, 0.3) is 0 Å². The van der Waals surface area contributed by atoms with E-state index in [1.807, 2.05) is 0 Å². The van der Waals surface area contributed by atoms with Crippen LogP contribution >= 0.6 is 22.9 Å². The second-order valence-electron chi connectivity index (χ2n) is 1.45. The Hall–Kier alpha value is 0.0600. The van der Waals surface area contributed by atoms with E-state index >= 15 is 0 Å². The predicted octanol–water partition coefficient (Wildman–Crippen LogP) is 0.887. The molecule has 0 aromatic carbocycles. The van der Waals surface area contributed by atoms with Crippen LogP contribution in [0.2, 0.25) is 4.34 Å². The van der Waals surface area contributed by atoms with Gasteiger partial charge in [-0.15, -0.1) is 11.3 Å². The summed E-state index contributed by atoms with van der Waals surface area (Å²) in [6, 6.07) is 3.35. The third-order valence-electron chi connectivity index (χ3n) is 0.838. The number of hydrogen-bond donors (Lipinski definition) is 2. The predicted molar refractivity (Wildman–Crippen MR) is 43.1 cm³/mol. The first-order valence-electron chi connectivity index (χ1n) is 2.37. The molecule has 0 spiro atoms. The molecule has 0 saturated heterocycles. The van der Waals surface area contributed by atoms with E-state index in [-0.39, 0.29) is 0 Å². The van der Waals surface area contributed by atoms with Gasteiger partial charge >= 0.3 is 0 Å². The van der Waals surface area contributed by atoms with Crippen molar-refractivity contribution in [3.8, 4) is 0 Å². The summed E-state index contributed by atoms with van der Waals surface area (Å²) in [6.45, 7) is 0. The quantitative estimate of drug-likeness (QED) is 0.545. The molecule has 0 aliphatic heterocycles. The molecule has 0 aliphatic rings. The van der Waals surface area contributed by atoms with Crippen LogP contribution in [0, 0.1) is 0 Å². The number of hydrazine groups is 1. The second-order valence-corrected chi connectivity index (χ2v) is 4.63. The number of halogens is 1. The molecule has 0 bridgehead atoms. The fourth-order valence-electron chi connectivity index (χ4n) is 0.455. The average molecular weight is 197 g/mol. The van der Waals surface area contributed by atoms with Gasteiger partial charge in [-0.3, -0.25) is 5.84 Å². The smallest absolute Gasteiger partial charge is 0.148 e. The van der Waals surface area contributed by atoms with Gasteiger partial charge in [-0.1, -0.05) is 11.6 Å². The Morgan fingerprint density at radius 3 is 2.80 bits per heavy atom. The molecule has 1 rings (SSSR count). The second kappa shape index (κ2) is 3.45. The summed E-state index contributed by atoms with van der Waals surface area (Å²) in [6.07, 6.45) is 0. The lowest BCUT2D eigenvalue weighted by Crippen LogP contribution is -2.23. The summed E-state index contributed by atoms with van der Waals surface area (Å²) in [5.74, 6) is 4.93. The van der Waals surface area contributed by atoms with Gasteiger partial charge in [0.1, 0.15) is 15.2 Å². The van der Waals surface area contributed by atoms with Crippen molar-refractivity contribution >= 4 is 33.9 Å². The van der Waals surface area contributed by atoms with Crippen LogP contribution in [0.5, 0.6) is 0 Å². The van der Waals surface area contributed by atoms with Gasteiger partial charge in [0.2, 0.25) is 0 Å². The molecule has 1 heterocycles. The average Bonchev–Trinajstić information content (AvgIpc) is 2.34. The van der Waals surface area contributed by atoms with Gasteiger partial charge in [0, 0.05) is 0 Å². The molecule has 0 radical (unpaired) electrons. The van der Waals surface area contributed by atoms with E-state index in [0.29, 0.717) is 8.55 Å². The van der Waals surface area contributed by atoms with Crippen LogP contribution in [0.3, 0.4) is 0 Å². The molecule has 3 N–H and O–H groups in total. The standard InChI is InChI=1S/C4H5ClN2OS2/c5-3-1-2-4(9-3)10(8)7-6/h1-2,7H,6H2. The van der Waals surface area contributed by atoms with Crippen molar-refractivity contribution in [3.05, 3.63) is 16.5 Å². The molecule has 1 aromatic heterocycles. The highest BCUT2D eigenvalue weighted by Gasteiger charge is 2.03. The Morgan fingerprint density at radius 2 is 2.40 bits per heavy atom. The number of nitrogens with two attached hydrogens (primary N) is 1. The first-order chi connectivity index (χ1) is 4.74. The van der Waals surface area contributed by atoms with Crippen LogP contribution in [0.1, 0.15) is 0 Å². The molecule has 10 heavy (non-hydrogen) atoms. The van der Waals surface area contributed by atoms with Crippen LogP contribution < -0.4 is 10.7 Å². The van der Waals surface area contributed by atoms with Gasteiger partial charge in [0.25, 0.3) is 0 Å². The molecule has 1 unspecified atom stereocenters. The Labute approximate surface area is 69.7 Å². The zero-order valence-corrected chi connectivity index (χ0v) is 7.22. The molecule has 56 valence electrons. The SMILES string of the molecule is NNS(=O)c1ccc(Cl)s1. The van der Waals surface area contributed by atoms with Gasteiger partial charge < -0.3 is 0 Å². The Balaban J connectivity index is 2.85. The monoisotopic (exact) mass is 196 g/mol. The lowest BCUT2D eigenvalue weighted by Gasteiger charge is -1.90. The topological polar surface area (TPSA) is 55.1 Å². The highest BCUT2D eigenvalue weighted by atomic mass is 35.5. The van der Waals surface area contributed by atoms with E-state index in [4.69, 9.17) is 17.4 Å². The van der Waals surface area contributed by atoms with E-state index < -0.39 is 11.0 Å². The molecule has 0 aliphatic carbocycles. The first kappa shape index (κ1) is 8.16. The van der Waals surface area contributed by atoms with E-state index in [1.54, 1.807) is 12.1 Å². The lowest BCUT2D eigenvalue weighted by molar-refractivity contribution is 0.676. The van der Waals surface area contributed by atoms with E-state index in [9.17, 15) is 4.21 Å². The maximum absolute atomic E-state index is 10.9. The van der Waals surface area contributed by atoms with Gasteiger partial charge in [-0.05, 0) is 12.1 Å². The van der Waals surface area contributed by atoms with Crippen molar-refractivity contribution in [1.29, 1.82) is 0 Å². The third-order valence-corrected chi connectivity index (χ3v) is 3.28. The Morgan fingerprint density at radius 1 is 1.70 bits per heavy atom. The van der Waals surface area contributed by atoms with Crippen molar-refractivity contribution in [3.63, 3.8) is 0 Å². The summed E-state index contributed by atoms with van der Waals surface area (Å²) in [4.78, 5) is 2.12. The maximum atomic E-state index is 10.9. The van der Waals surface area contributed by atoms with Gasteiger partial charge in [0.05, 0.1) is 4.34 Å². The number of thiophene rings is 1. The van der Waals surface area contributed by atoms with Gasteiger partial charge in [-0.2, -0.15) is 4.83 Å². The fourth-order valence-corrected chi connectivity index (χ4v) is 2.39. The van der Waals surface area contributed by atoms with E-state index in [0.717, 1.165) is 0 Å². The van der Waals surface area contributed by atoms with Crippen LogP contribution in [0.15, 0.2) is 16.3 Å². The zero-order chi connectivity index (χ0) is 7.56. The van der Waals surface area contributed by atoms with Crippen LogP contribution in [-0.4, -0.2) is 4.21 Å². The first-order valence-corrected chi connectivity index (χ1v) is 4.72. The summed E-state index contributed by atoms with van der Waals surface area (Å²) in [5, 5.41) is 0. The summed E-state index contributed by atoms with van der Waals surface area (Å²) >= 11 is 6.82. The molecule has 1 aromatic rings. The molecule has 3 nitrogen and oxygen atoms in total. The van der Waals surface area contributed by atoms with Crippen molar-refractivity contribution < 1.29 is 4.21 Å². The number of rotatable bonds is 2. The van der Waals surface area contributed by atoms with Crippen molar-refractivity contribution in [2.75, 3.05) is 0 Å². The van der Waals surface area contributed by atoms with Crippen molar-refractivity contribution in [2.24, 2.45) is 5.84 Å². The molecule has 0 fully saturated rings. The highest BCUT2D eigenvalue weighted by Crippen LogP contribution is 2.22. The van der Waals surface area contributed by atoms with Crippen LogP contribution in [-0.2, 0) is 11.0 Å². The minimum absolute atomic E-state index is 0.610. The number of nitrogens with one attached hydrogen (secondary N) is 1. The fraction of sp³-hybridized carbons (Fsp3) is 0. The molecule has 6 heteroatoms. The Bertz CT molecular complexity index is 249. The summed E-state index contributed by atoms with van der Waals surface area (Å²) < 4.78 is 12.1. The lowest BCUT2D eigenvalue weighted by atomic mass is 10.7.